The Bertz CT molecular complexity index is 443. The fourth-order valence-electron chi connectivity index (χ4n) is 3.03. The second kappa shape index (κ2) is 6.68. The molecule has 1 aliphatic heterocycles. The van der Waals surface area contributed by atoms with Crippen molar-refractivity contribution in [2.75, 3.05) is 6.61 Å². The van der Waals surface area contributed by atoms with E-state index in [2.05, 4.69) is 19.2 Å². The Hall–Kier alpha value is -0.930. The molecule has 112 valence electrons. The monoisotopic (exact) mass is 279 g/mol. The van der Waals surface area contributed by atoms with Gasteiger partial charge in [-0.2, -0.15) is 0 Å². The molecule has 0 amide bonds. The van der Waals surface area contributed by atoms with E-state index in [1.165, 1.54) is 6.07 Å². The van der Waals surface area contributed by atoms with Crippen molar-refractivity contribution in [2.24, 2.45) is 0 Å². The maximum atomic E-state index is 13.3. The molecule has 1 unspecified atom stereocenters. The Balaban J connectivity index is 1.95. The molecular formula is C17H26FNO. The van der Waals surface area contributed by atoms with Crippen molar-refractivity contribution in [1.82, 2.24) is 5.32 Å². The summed E-state index contributed by atoms with van der Waals surface area (Å²) in [4.78, 5) is 0. The molecule has 0 bridgehead atoms. The minimum absolute atomic E-state index is 0.0346. The minimum atomic E-state index is -0.157. The normalized spacial score (nSPS) is 21.9. The highest BCUT2D eigenvalue weighted by molar-refractivity contribution is 5.26. The largest absolute Gasteiger partial charge is 0.375 e. The van der Waals surface area contributed by atoms with E-state index in [4.69, 9.17) is 4.74 Å². The van der Waals surface area contributed by atoms with Crippen LogP contribution < -0.4 is 5.32 Å². The van der Waals surface area contributed by atoms with Crippen LogP contribution in [0.15, 0.2) is 18.2 Å². The second-order valence-corrected chi connectivity index (χ2v) is 5.88. The molecule has 20 heavy (non-hydrogen) atoms. The van der Waals surface area contributed by atoms with Crippen LogP contribution in [0.25, 0.3) is 0 Å². The molecule has 1 atom stereocenters. The molecular weight excluding hydrogens is 253 g/mol. The van der Waals surface area contributed by atoms with Crippen LogP contribution in [0.4, 0.5) is 4.39 Å². The van der Waals surface area contributed by atoms with Gasteiger partial charge in [0.05, 0.1) is 5.60 Å². The molecule has 1 fully saturated rings. The molecule has 0 aliphatic carbocycles. The summed E-state index contributed by atoms with van der Waals surface area (Å²) in [5, 5.41) is 3.58. The summed E-state index contributed by atoms with van der Waals surface area (Å²) < 4.78 is 19.3. The lowest BCUT2D eigenvalue weighted by molar-refractivity contribution is -0.0932. The maximum Gasteiger partial charge on any atom is 0.123 e. The van der Waals surface area contributed by atoms with Gasteiger partial charge >= 0.3 is 0 Å². The van der Waals surface area contributed by atoms with Crippen LogP contribution in [0.5, 0.6) is 0 Å². The molecule has 1 heterocycles. The van der Waals surface area contributed by atoms with E-state index in [0.29, 0.717) is 6.04 Å². The van der Waals surface area contributed by atoms with E-state index in [0.717, 1.165) is 50.0 Å². The van der Waals surface area contributed by atoms with Crippen LogP contribution >= 0.6 is 0 Å². The number of hydrogen-bond acceptors (Lipinski definition) is 2. The zero-order valence-electron chi connectivity index (χ0n) is 12.8. The van der Waals surface area contributed by atoms with Gasteiger partial charge in [-0.1, -0.05) is 19.9 Å². The first kappa shape index (κ1) is 15.5. The third kappa shape index (κ3) is 3.58. The standard InChI is InChI=1S/C17H26FNO/c1-4-17(5-2)11-16(8-9-20-17)19-12-14-10-15(18)7-6-13(14)3/h6-7,10,16,19H,4-5,8-9,11-12H2,1-3H3. The van der Waals surface area contributed by atoms with E-state index in [1.54, 1.807) is 6.07 Å². The van der Waals surface area contributed by atoms with Crippen LogP contribution in [0.1, 0.15) is 50.7 Å². The van der Waals surface area contributed by atoms with Crippen molar-refractivity contribution in [3.05, 3.63) is 35.1 Å². The average Bonchev–Trinajstić information content (AvgIpc) is 2.48. The molecule has 1 saturated heterocycles. The van der Waals surface area contributed by atoms with Gasteiger partial charge in [0.2, 0.25) is 0 Å². The lowest BCUT2D eigenvalue weighted by atomic mass is 9.86. The van der Waals surface area contributed by atoms with E-state index in [-0.39, 0.29) is 11.4 Å². The molecule has 2 nitrogen and oxygen atoms in total. The molecule has 1 N–H and O–H groups in total. The van der Waals surface area contributed by atoms with Crippen molar-refractivity contribution in [2.45, 2.75) is 64.6 Å². The van der Waals surface area contributed by atoms with Gasteiger partial charge in [0.15, 0.2) is 0 Å². The summed E-state index contributed by atoms with van der Waals surface area (Å²) >= 11 is 0. The van der Waals surface area contributed by atoms with Crippen molar-refractivity contribution >= 4 is 0 Å². The molecule has 0 aromatic heterocycles. The van der Waals surface area contributed by atoms with Gasteiger partial charge < -0.3 is 10.1 Å². The first-order valence-corrected chi connectivity index (χ1v) is 7.71. The highest BCUT2D eigenvalue weighted by Crippen LogP contribution is 2.31. The van der Waals surface area contributed by atoms with Crippen molar-refractivity contribution < 1.29 is 9.13 Å². The minimum Gasteiger partial charge on any atom is -0.375 e. The van der Waals surface area contributed by atoms with Gasteiger partial charge in [0.1, 0.15) is 5.82 Å². The molecule has 0 saturated carbocycles. The summed E-state index contributed by atoms with van der Waals surface area (Å²) in [6.07, 6.45) is 4.20. The number of aryl methyl sites for hydroxylation is 1. The summed E-state index contributed by atoms with van der Waals surface area (Å²) in [7, 11) is 0. The molecule has 1 aliphatic rings. The number of benzene rings is 1. The Labute approximate surface area is 121 Å². The van der Waals surface area contributed by atoms with Crippen LogP contribution in [-0.4, -0.2) is 18.2 Å². The quantitative estimate of drug-likeness (QED) is 0.881. The van der Waals surface area contributed by atoms with Gasteiger partial charge in [-0.25, -0.2) is 4.39 Å². The predicted molar refractivity (Wildman–Crippen MR) is 80.3 cm³/mol. The smallest absolute Gasteiger partial charge is 0.123 e. The topological polar surface area (TPSA) is 21.3 Å². The lowest BCUT2D eigenvalue weighted by Gasteiger charge is -2.40. The molecule has 0 radical (unpaired) electrons. The highest BCUT2D eigenvalue weighted by atomic mass is 19.1. The van der Waals surface area contributed by atoms with Crippen LogP contribution in [0.3, 0.4) is 0 Å². The van der Waals surface area contributed by atoms with Gasteiger partial charge in [-0.3, -0.25) is 0 Å². The molecule has 1 aromatic carbocycles. The fraction of sp³-hybridized carbons (Fsp3) is 0.647. The maximum absolute atomic E-state index is 13.3. The predicted octanol–water partition coefficient (Wildman–Crippen LogP) is 3.96. The van der Waals surface area contributed by atoms with E-state index < -0.39 is 0 Å². The Morgan fingerprint density at radius 2 is 2.10 bits per heavy atom. The second-order valence-electron chi connectivity index (χ2n) is 5.88. The molecule has 0 spiro atoms. The number of halogens is 1. The van der Waals surface area contributed by atoms with Crippen molar-refractivity contribution in [3.63, 3.8) is 0 Å². The van der Waals surface area contributed by atoms with E-state index in [1.807, 2.05) is 13.0 Å². The third-order valence-electron chi connectivity index (χ3n) is 4.67. The number of ether oxygens (including phenoxy) is 1. The fourth-order valence-corrected chi connectivity index (χ4v) is 3.03. The lowest BCUT2D eigenvalue weighted by Crippen LogP contribution is -2.46. The summed E-state index contributed by atoms with van der Waals surface area (Å²) in [5.41, 5.74) is 2.23. The van der Waals surface area contributed by atoms with Gasteiger partial charge in [-0.15, -0.1) is 0 Å². The Kier molecular flexibility index (Phi) is 5.17. The SMILES string of the molecule is CCC1(CC)CC(NCc2cc(F)ccc2C)CCO1. The highest BCUT2D eigenvalue weighted by Gasteiger charge is 2.34. The number of nitrogens with one attached hydrogen (secondary N) is 1. The first-order valence-electron chi connectivity index (χ1n) is 7.71. The van der Waals surface area contributed by atoms with E-state index in [9.17, 15) is 4.39 Å². The zero-order chi connectivity index (χ0) is 14.6. The zero-order valence-corrected chi connectivity index (χ0v) is 12.8. The Morgan fingerprint density at radius 3 is 2.80 bits per heavy atom. The van der Waals surface area contributed by atoms with Gasteiger partial charge in [0.25, 0.3) is 0 Å². The summed E-state index contributed by atoms with van der Waals surface area (Å²) in [6, 6.07) is 5.46. The number of hydrogen-bond donors (Lipinski definition) is 1. The van der Waals surface area contributed by atoms with Crippen LogP contribution in [0, 0.1) is 12.7 Å². The van der Waals surface area contributed by atoms with Crippen LogP contribution in [-0.2, 0) is 11.3 Å². The molecule has 3 heteroatoms. The van der Waals surface area contributed by atoms with Gasteiger partial charge in [-0.05, 0) is 55.9 Å². The summed E-state index contributed by atoms with van der Waals surface area (Å²) in [6.45, 7) is 7.98. The average molecular weight is 279 g/mol. The third-order valence-corrected chi connectivity index (χ3v) is 4.67. The molecule has 1 aromatic rings. The first-order chi connectivity index (χ1) is 9.58. The van der Waals surface area contributed by atoms with Crippen molar-refractivity contribution in [1.29, 1.82) is 0 Å². The number of rotatable bonds is 5. The molecule has 2 rings (SSSR count). The van der Waals surface area contributed by atoms with Crippen LogP contribution in [0.2, 0.25) is 0 Å². The van der Waals surface area contributed by atoms with E-state index >= 15 is 0 Å². The Morgan fingerprint density at radius 1 is 1.35 bits per heavy atom. The van der Waals surface area contributed by atoms with Crippen molar-refractivity contribution in [3.8, 4) is 0 Å². The summed E-state index contributed by atoms with van der Waals surface area (Å²) in [5.74, 6) is -0.157. The van der Waals surface area contributed by atoms with Gasteiger partial charge in [0, 0.05) is 19.2 Å².